The number of carbonyl (C=O) groups excluding carboxylic acids is 1. The molecule has 2 aromatic heterocycles. The van der Waals surface area contributed by atoms with Gasteiger partial charge in [-0.3, -0.25) is 9.48 Å². The van der Waals surface area contributed by atoms with Gasteiger partial charge in [0.1, 0.15) is 12.4 Å². The number of thiophene rings is 1. The van der Waals surface area contributed by atoms with Gasteiger partial charge in [0, 0.05) is 16.1 Å². The zero-order chi connectivity index (χ0) is 23.7. The Labute approximate surface area is 209 Å². The van der Waals surface area contributed by atoms with Crippen LogP contribution < -0.4 is 19.5 Å². The molecule has 1 aliphatic heterocycles. The molecular formula is C25H22BrN3O4S. The van der Waals surface area contributed by atoms with Crippen molar-refractivity contribution in [2.75, 3.05) is 12.1 Å². The fourth-order valence-electron chi connectivity index (χ4n) is 3.67. The molecule has 7 nitrogen and oxygen atoms in total. The summed E-state index contributed by atoms with van der Waals surface area (Å²) in [6, 6.07) is 15.4. The SMILES string of the molecule is Cc1nn(Cc2ccc(Br)cc2)c(C)c1NC(=O)c1cc(COc2ccc3c(c2)OCO3)cs1. The van der Waals surface area contributed by atoms with Gasteiger partial charge in [0.05, 0.1) is 28.5 Å². The fourth-order valence-corrected chi connectivity index (χ4v) is 4.73. The normalized spacial score (nSPS) is 12.1. The van der Waals surface area contributed by atoms with Gasteiger partial charge in [-0.1, -0.05) is 28.1 Å². The van der Waals surface area contributed by atoms with Crippen LogP contribution in [0.2, 0.25) is 0 Å². The van der Waals surface area contributed by atoms with E-state index in [0.717, 1.165) is 32.7 Å². The fraction of sp³-hybridized carbons (Fsp3) is 0.200. The third kappa shape index (κ3) is 4.80. The van der Waals surface area contributed by atoms with Gasteiger partial charge in [-0.2, -0.15) is 5.10 Å². The van der Waals surface area contributed by atoms with Crippen LogP contribution >= 0.6 is 27.3 Å². The Kier molecular flexibility index (Phi) is 6.30. The highest BCUT2D eigenvalue weighted by molar-refractivity contribution is 9.10. The van der Waals surface area contributed by atoms with Crippen molar-refractivity contribution in [3.05, 3.63) is 85.8 Å². The van der Waals surface area contributed by atoms with Gasteiger partial charge in [-0.15, -0.1) is 11.3 Å². The molecule has 2 aromatic carbocycles. The van der Waals surface area contributed by atoms with E-state index in [0.29, 0.717) is 35.3 Å². The lowest BCUT2D eigenvalue weighted by Gasteiger charge is -2.07. The van der Waals surface area contributed by atoms with Gasteiger partial charge in [0.2, 0.25) is 6.79 Å². The van der Waals surface area contributed by atoms with E-state index >= 15 is 0 Å². The molecule has 0 radical (unpaired) electrons. The third-order valence-electron chi connectivity index (χ3n) is 5.49. The topological polar surface area (TPSA) is 74.6 Å². The number of ether oxygens (including phenoxy) is 3. The van der Waals surface area contributed by atoms with Gasteiger partial charge in [-0.25, -0.2) is 0 Å². The molecule has 0 bridgehead atoms. The number of nitrogens with zero attached hydrogens (tertiary/aromatic N) is 2. The first-order valence-electron chi connectivity index (χ1n) is 10.7. The molecule has 0 saturated heterocycles. The quantitative estimate of drug-likeness (QED) is 0.315. The van der Waals surface area contributed by atoms with Gasteiger partial charge in [0.15, 0.2) is 11.5 Å². The van der Waals surface area contributed by atoms with Crippen molar-refractivity contribution in [3.8, 4) is 17.2 Å². The van der Waals surface area contributed by atoms with Crippen molar-refractivity contribution in [3.63, 3.8) is 0 Å². The Morgan fingerprint density at radius 1 is 1.12 bits per heavy atom. The molecule has 9 heteroatoms. The summed E-state index contributed by atoms with van der Waals surface area (Å²) in [4.78, 5) is 13.5. The van der Waals surface area contributed by atoms with Gasteiger partial charge in [-0.05, 0) is 55.1 Å². The number of nitrogens with one attached hydrogen (secondary N) is 1. The van der Waals surface area contributed by atoms with Crippen LogP contribution in [-0.2, 0) is 13.2 Å². The molecule has 0 fully saturated rings. The molecule has 0 saturated carbocycles. The molecule has 1 N–H and O–H groups in total. The number of aryl methyl sites for hydroxylation is 1. The molecule has 0 atom stereocenters. The zero-order valence-electron chi connectivity index (χ0n) is 18.6. The van der Waals surface area contributed by atoms with Crippen molar-refractivity contribution in [2.45, 2.75) is 27.0 Å². The predicted molar refractivity (Wildman–Crippen MR) is 134 cm³/mol. The molecule has 174 valence electrons. The third-order valence-corrected chi connectivity index (χ3v) is 7.00. The highest BCUT2D eigenvalue weighted by atomic mass is 79.9. The first kappa shape index (κ1) is 22.5. The smallest absolute Gasteiger partial charge is 0.265 e. The zero-order valence-corrected chi connectivity index (χ0v) is 21.0. The van der Waals surface area contributed by atoms with Crippen LogP contribution in [0.25, 0.3) is 0 Å². The summed E-state index contributed by atoms with van der Waals surface area (Å²) in [6.07, 6.45) is 0. The van der Waals surface area contributed by atoms with E-state index in [1.165, 1.54) is 11.3 Å². The summed E-state index contributed by atoms with van der Waals surface area (Å²) >= 11 is 4.84. The van der Waals surface area contributed by atoms with Crippen molar-refractivity contribution >= 4 is 38.9 Å². The van der Waals surface area contributed by atoms with Crippen molar-refractivity contribution in [2.24, 2.45) is 0 Å². The number of halogens is 1. The molecule has 0 spiro atoms. The maximum absolute atomic E-state index is 12.9. The first-order chi connectivity index (χ1) is 16.5. The minimum absolute atomic E-state index is 0.159. The monoisotopic (exact) mass is 539 g/mol. The molecule has 34 heavy (non-hydrogen) atoms. The molecule has 4 aromatic rings. The summed E-state index contributed by atoms with van der Waals surface area (Å²) in [7, 11) is 0. The highest BCUT2D eigenvalue weighted by Crippen LogP contribution is 2.35. The van der Waals surface area contributed by atoms with Crippen LogP contribution in [0.3, 0.4) is 0 Å². The molecule has 1 amide bonds. The number of benzene rings is 2. The average molecular weight is 540 g/mol. The van der Waals surface area contributed by atoms with E-state index < -0.39 is 0 Å². The maximum atomic E-state index is 12.9. The minimum Gasteiger partial charge on any atom is -0.489 e. The van der Waals surface area contributed by atoms with Crippen molar-refractivity contribution in [1.29, 1.82) is 0 Å². The Morgan fingerprint density at radius 3 is 2.74 bits per heavy atom. The standard InChI is InChI=1S/C25H22BrN3O4S/c1-15-24(16(2)29(28-15)11-17-3-5-19(26)6-4-17)27-25(30)23-9-18(13-34-23)12-31-20-7-8-21-22(10-20)33-14-32-21/h3-10,13H,11-12,14H2,1-2H3,(H,27,30). The number of hydrogen-bond acceptors (Lipinski definition) is 6. The van der Waals surface area contributed by atoms with E-state index in [9.17, 15) is 4.79 Å². The Hall–Kier alpha value is -3.30. The number of amides is 1. The summed E-state index contributed by atoms with van der Waals surface area (Å²) in [5, 5.41) is 9.59. The van der Waals surface area contributed by atoms with E-state index in [-0.39, 0.29) is 12.7 Å². The van der Waals surface area contributed by atoms with E-state index in [4.69, 9.17) is 14.2 Å². The number of anilines is 1. The second-order valence-corrected chi connectivity index (χ2v) is 9.73. The van der Waals surface area contributed by atoms with Gasteiger partial charge in [0.25, 0.3) is 5.91 Å². The highest BCUT2D eigenvalue weighted by Gasteiger charge is 2.18. The lowest BCUT2D eigenvalue weighted by molar-refractivity contribution is 0.103. The number of hydrogen-bond donors (Lipinski definition) is 1. The van der Waals surface area contributed by atoms with Crippen molar-refractivity contribution in [1.82, 2.24) is 9.78 Å². The molecular weight excluding hydrogens is 518 g/mol. The average Bonchev–Trinajstić information content (AvgIpc) is 3.55. The first-order valence-corrected chi connectivity index (χ1v) is 12.3. The van der Waals surface area contributed by atoms with Crippen LogP contribution in [0.4, 0.5) is 5.69 Å². The second-order valence-electron chi connectivity index (χ2n) is 7.91. The predicted octanol–water partition coefficient (Wildman–Crippen LogP) is 5.93. The number of carbonyl (C=O) groups is 1. The minimum atomic E-state index is -0.159. The van der Waals surface area contributed by atoms with E-state index in [1.54, 1.807) is 6.07 Å². The summed E-state index contributed by atoms with van der Waals surface area (Å²) in [6.45, 7) is 5.08. The Balaban J connectivity index is 1.22. The Bertz CT molecular complexity index is 1350. The molecule has 3 heterocycles. The van der Waals surface area contributed by atoms with Crippen molar-refractivity contribution < 1.29 is 19.0 Å². The molecule has 1 aliphatic rings. The van der Waals surface area contributed by atoms with Crippen LogP contribution in [0.5, 0.6) is 17.2 Å². The lowest BCUT2D eigenvalue weighted by atomic mass is 10.2. The van der Waals surface area contributed by atoms with Crippen LogP contribution in [0.1, 0.15) is 32.2 Å². The lowest BCUT2D eigenvalue weighted by Crippen LogP contribution is -2.12. The maximum Gasteiger partial charge on any atom is 0.265 e. The van der Waals surface area contributed by atoms with E-state index in [1.807, 2.05) is 54.2 Å². The summed E-state index contributed by atoms with van der Waals surface area (Å²) in [5.74, 6) is 1.92. The molecule has 0 aliphatic carbocycles. The van der Waals surface area contributed by atoms with Crippen LogP contribution in [0.15, 0.2) is 58.4 Å². The summed E-state index contributed by atoms with van der Waals surface area (Å²) in [5.41, 5.74) is 4.50. The number of fused-ring (bicyclic) bond motifs is 1. The van der Waals surface area contributed by atoms with E-state index in [2.05, 4.69) is 38.5 Å². The van der Waals surface area contributed by atoms with Gasteiger partial charge >= 0.3 is 0 Å². The molecule has 5 rings (SSSR count). The summed E-state index contributed by atoms with van der Waals surface area (Å²) < 4.78 is 19.5. The Morgan fingerprint density at radius 2 is 1.91 bits per heavy atom. The largest absolute Gasteiger partial charge is 0.489 e. The number of aromatic nitrogens is 2. The van der Waals surface area contributed by atoms with Gasteiger partial charge < -0.3 is 19.5 Å². The van der Waals surface area contributed by atoms with Crippen LogP contribution in [0, 0.1) is 13.8 Å². The number of rotatable bonds is 7. The second kappa shape index (κ2) is 9.52. The molecule has 0 unspecified atom stereocenters. The van der Waals surface area contributed by atoms with Crippen LogP contribution in [-0.4, -0.2) is 22.5 Å².